The van der Waals surface area contributed by atoms with Crippen molar-refractivity contribution in [2.75, 3.05) is 11.4 Å². The molecular formula is C34H31NO6. The summed E-state index contributed by atoms with van der Waals surface area (Å²) in [5, 5.41) is 0. The summed E-state index contributed by atoms with van der Waals surface area (Å²) >= 11 is 0. The van der Waals surface area contributed by atoms with Crippen molar-refractivity contribution in [1.82, 2.24) is 0 Å². The number of amides is 1. The number of hydrogen-bond donors (Lipinski definition) is 0. The van der Waals surface area contributed by atoms with Crippen LogP contribution in [0.4, 0.5) is 10.5 Å². The van der Waals surface area contributed by atoms with Gasteiger partial charge < -0.3 is 14.2 Å². The Morgan fingerprint density at radius 2 is 1.05 bits per heavy atom. The number of carbonyl (C=O) groups excluding carboxylic acids is 3. The highest BCUT2D eigenvalue weighted by Gasteiger charge is 2.43. The molecule has 1 aliphatic heterocycles. The normalized spacial score (nSPS) is 14.2. The summed E-state index contributed by atoms with van der Waals surface area (Å²) in [6.45, 7) is 0.481. The Bertz CT molecular complexity index is 1400. The van der Waals surface area contributed by atoms with Crippen LogP contribution in [0.2, 0.25) is 0 Å². The average Bonchev–Trinajstić information content (AvgIpc) is 3.03. The van der Waals surface area contributed by atoms with E-state index < -0.39 is 29.9 Å². The molecule has 0 N–H and O–H groups in total. The highest BCUT2D eigenvalue weighted by Crippen LogP contribution is 2.41. The van der Waals surface area contributed by atoms with E-state index in [1.165, 1.54) is 0 Å². The van der Waals surface area contributed by atoms with Gasteiger partial charge in [-0.2, -0.15) is 0 Å². The standard InChI is InChI=1S/C34H31NO6/c36-32(39-22-25-12-4-1-5-13-25)31(33(37)40-23-26-14-6-2-7-15-26)29-20-21-35(30-19-11-10-18-28(29)30)34(38)41-24-27-16-8-3-9-17-27/h1-19,29,31H,20-24H2/t29-/m0/s1. The third-order valence-electron chi connectivity index (χ3n) is 7.07. The molecule has 0 aromatic heterocycles. The highest BCUT2D eigenvalue weighted by molar-refractivity contribution is 5.97. The molecule has 4 aromatic rings. The maximum absolute atomic E-state index is 13.5. The predicted octanol–water partition coefficient (Wildman–Crippen LogP) is 6.42. The van der Waals surface area contributed by atoms with E-state index in [2.05, 4.69) is 0 Å². The molecule has 0 saturated carbocycles. The maximum Gasteiger partial charge on any atom is 0.414 e. The average molecular weight is 550 g/mol. The number of anilines is 1. The fourth-order valence-corrected chi connectivity index (χ4v) is 4.99. The molecule has 1 aliphatic rings. The van der Waals surface area contributed by atoms with Crippen LogP contribution in [0.25, 0.3) is 0 Å². The number of carbonyl (C=O) groups is 3. The molecule has 0 fully saturated rings. The molecule has 0 spiro atoms. The van der Waals surface area contributed by atoms with Gasteiger partial charge >= 0.3 is 18.0 Å². The Morgan fingerprint density at radius 1 is 0.610 bits per heavy atom. The van der Waals surface area contributed by atoms with Gasteiger partial charge in [0.25, 0.3) is 0 Å². The third-order valence-corrected chi connectivity index (χ3v) is 7.07. The molecule has 1 amide bonds. The molecule has 1 atom stereocenters. The van der Waals surface area contributed by atoms with E-state index in [4.69, 9.17) is 14.2 Å². The molecule has 41 heavy (non-hydrogen) atoms. The Balaban J connectivity index is 1.36. The smallest absolute Gasteiger partial charge is 0.414 e. The van der Waals surface area contributed by atoms with Crippen molar-refractivity contribution in [3.05, 3.63) is 138 Å². The first kappa shape index (κ1) is 27.6. The number of ether oxygens (including phenoxy) is 3. The molecule has 5 rings (SSSR count). The van der Waals surface area contributed by atoms with Gasteiger partial charge in [-0.25, -0.2) is 4.79 Å². The maximum atomic E-state index is 13.5. The van der Waals surface area contributed by atoms with E-state index in [9.17, 15) is 14.4 Å². The topological polar surface area (TPSA) is 82.1 Å². The number of hydrogen-bond acceptors (Lipinski definition) is 6. The number of fused-ring (bicyclic) bond motifs is 1. The van der Waals surface area contributed by atoms with Crippen LogP contribution >= 0.6 is 0 Å². The fourth-order valence-electron chi connectivity index (χ4n) is 4.99. The van der Waals surface area contributed by atoms with Crippen molar-refractivity contribution in [2.45, 2.75) is 32.2 Å². The van der Waals surface area contributed by atoms with Crippen molar-refractivity contribution in [3.8, 4) is 0 Å². The lowest BCUT2D eigenvalue weighted by molar-refractivity contribution is -0.165. The fraction of sp³-hybridized carbons (Fsp3) is 0.206. The second kappa shape index (κ2) is 13.4. The molecule has 0 saturated heterocycles. The molecule has 0 unspecified atom stereocenters. The van der Waals surface area contributed by atoms with Crippen molar-refractivity contribution < 1.29 is 28.6 Å². The van der Waals surface area contributed by atoms with Gasteiger partial charge in [-0.15, -0.1) is 0 Å². The van der Waals surface area contributed by atoms with E-state index in [0.29, 0.717) is 17.7 Å². The lowest BCUT2D eigenvalue weighted by Gasteiger charge is -2.35. The third kappa shape index (κ3) is 7.00. The number of para-hydroxylation sites is 1. The van der Waals surface area contributed by atoms with Crippen molar-refractivity contribution >= 4 is 23.7 Å². The van der Waals surface area contributed by atoms with E-state index in [1.54, 1.807) is 11.0 Å². The molecule has 0 aliphatic carbocycles. The quantitative estimate of drug-likeness (QED) is 0.136. The first-order chi connectivity index (χ1) is 20.1. The second-order valence-corrected chi connectivity index (χ2v) is 9.81. The summed E-state index contributed by atoms with van der Waals surface area (Å²) in [6.07, 6.45) is -0.141. The summed E-state index contributed by atoms with van der Waals surface area (Å²) < 4.78 is 16.9. The molecular weight excluding hydrogens is 518 g/mol. The lowest BCUT2D eigenvalue weighted by atomic mass is 9.80. The van der Waals surface area contributed by atoms with Crippen LogP contribution < -0.4 is 4.90 Å². The summed E-state index contributed by atoms with van der Waals surface area (Å²) in [5.41, 5.74) is 3.79. The Kier molecular flexibility index (Phi) is 9.06. The number of benzene rings is 4. The summed E-state index contributed by atoms with van der Waals surface area (Å²) in [4.78, 5) is 41.7. The summed E-state index contributed by atoms with van der Waals surface area (Å²) in [5.74, 6) is -3.07. The zero-order chi connectivity index (χ0) is 28.4. The zero-order valence-corrected chi connectivity index (χ0v) is 22.6. The van der Waals surface area contributed by atoms with Gasteiger partial charge in [0.15, 0.2) is 5.92 Å². The van der Waals surface area contributed by atoms with Crippen molar-refractivity contribution in [2.24, 2.45) is 5.92 Å². The number of nitrogens with zero attached hydrogens (tertiary/aromatic N) is 1. The van der Waals surface area contributed by atoms with Crippen LogP contribution in [0.1, 0.15) is 34.6 Å². The minimum Gasteiger partial charge on any atom is -0.460 e. The number of rotatable bonds is 9. The zero-order valence-electron chi connectivity index (χ0n) is 22.6. The van der Waals surface area contributed by atoms with Gasteiger partial charge in [0.2, 0.25) is 0 Å². The van der Waals surface area contributed by atoms with Gasteiger partial charge in [0, 0.05) is 12.5 Å². The Morgan fingerprint density at radius 3 is 1.56 bits per heavy atom. The molecule has 1 heterocycles. The Hall–Kier alpha value is -4.91. The first-order valence-corrected chi connectivity index (χ1v) is 13.6. The molecule has 0 bridgehead atoms. The first-order valence-electron chi connectivity index (χ1n) is 13.6. The summed E-state index contributed by atoms with van der Waals surface area (Å²) in [7, 11) is 0. The van der Waals surface area contributed by atoms with E-state index >= 15 is 0 Å². The van der Waals surface area contributed by atoms with Gasteiger partial charge in [0.05, 0.1) is 5.69 Å². The number of esters is 2. The summed E-state index contributed by atoms with van der Waals surface area (Å²) in [6, 6.07) is 35.3. The monoisotopic (exact) mass is 549 g/mol. The minimum atomic E-state index is -1.20. The van der Waals surface area contributed by atoms with Crippen LogP contribution in [-0.2, 0) is 43.6 Å². The minimum absolute atomic E-state index is 0.0362. The van der Waals surface area contributed by atoms with Crippen LogP contribution in [0.3, 0.4) is 0 Å². The molecule has 7 nitrogen and oxygen atoms in total. The van der Waals surface area contributed by atoms with Gasteiger partial charge in [-0.05, 0) is 34.7 Å². The van der Waals surface area contributed by atoms with E-state index in [1.807, 2.05) is 109 Å². The Labute approximate surface area is 239 Å². The van der Waals surface area contributed by atoms with Crippen LogP contribution in [-0.4, -0.2) is 24.6 Å². The van der Waals surface area contributed by atoms with Gasteiger partial charge in [-0.1, -0.05) is 109 Å². The molecule has 208 valence electrons. The molecule has 4 aromatic carbocycles. The van der Waals surface area contributed by atoms with Crippen LogP contribution in [0.15, 0.2) is 115 Å². The lowest BCUT2D eigenvalue weighted by Crippen LogP contribution is -2.42. The van der Waals surface area contributed by atoms with Crippen molar-refractivity contribution in [1.29, 1.82) is 0 Å². The van der Waals surface area contributed by atoms with E-state index in [-0.39, 0.29) is 26.4 Å². The van der Waals surface area contributed by atoms with Gasteiger partial charge in [-0.3, -0.25) is 14.5 Å². The van der Waals surface area contributed by atoms with Crippen LogP contribution in [0, 0.1) is 5.92 Å². The van der Waals surface area contributed by atoms with Gasteiger partial charge in [0.1, 0.15) is 19.8 Å². The molecule has 0 radical (unpaired) electrons. The van der Waals surface area contributed by atoms with Crippen LogP contribution in [0.5, 0.6) is 0 Å². The molecule has 7 heteroatoms. The predicted molar refractivity (Wildman–Crippen MR) is 154 cm³/mol. The van der Waals surface area contributed by atoms with E-state index in [0.717, 1.165) is 16.7 Å². The van der Waals surface area contributed by atoms with Crippen molar-refractivity contribution in [3.63, 3.8) is 0 Å². The largest absolute Gasteiger partial charge is 0.460 e. The second-order valence-electron chi connectivity index (χ2n) is 9.81. The highest BCUT2D eigenvalue weighted by atomic mass is 16.6. The SMILES string of the molecule is O=C(OCc1ccccc1)C(C(=O)OCc1ccccc1)[C@H]1CCN(C(=O)OCc2ccccc2)c2ccccc21.